The molecule has 4 aromatic rings. The number of fused-ring (bicyclic) bond motifs is 2. The number of amides is 1. The number of hydrogen-bond acceptors (Lipinski definition) is 7. The van der Waals surface area contributed by atoms with Crippen molar-refractivity contribution in [3.63, 3.8) is 0 Å². The smallest absolute Gasteiger partial charge is 0.407 e. The SMILES string of the molecule is COCOc1c(-c2nc(C)c3cc(C4CC45CNCCN5C(=O)O)ccc3n2)cc2cn(C)nc2c1C. The third-order valence-corrected chi connectivity index (χ3v) is 7.73. The molecule has 0 bridgehead atoms. The topological polar surface area (TPSA) is 115 Å². The van der Waals surface area contributed by atoms with Crippen LogP contribution in [0, 0.1) is 13.8 Å². The predicted octanol–water partition coefficient (Wildman–Crippen LogP) is 3.59. The molecule has 2 unspecified atom stereocenters. The van der Waals surface area contributed by atoms with E-state index in [9.17, 15) is 9.90 Å². The van der Waals surface area contributed by atoms with Gasteiger partial charge in [-0.3, -0.25) is 9.58 Å². The minimum atomic E-state index is -0.846. The van der Waals surface area contributed by atoms with E-state index in [-0.39, 0.29) is 18.2 Å². The number of nitrogens with one attached hydrogen (secondary N) is 1. The molecule has 1 saturated heterocycles. The lowest BCUT2D eigenvalue weighted by atomic mass is 10.0. The highest BCUT2D eigenvalue weighted by molar-refractivity contribution is 5.91. The lowest BCUT2D eigenvalue weighted by Crippen LogP contribution is -2.56. The zero-order valence-electron chi connectivity index (χ0n) is 21.4. The minimum Gasteiger partial charge on any atom is -0.466 e. The second-order valence-electron chi connectivity index (χ2n) is 10.1. The van der Waals surface area contributed by atoms with Gasteiger partial charge in [0, 0.05) is 67.9 Å². The van der Waals surface area contributed by atoms with Crippen LogP contribution in [0.3, 0.4) is 0 Å². The largest absolute Gasteiger partial charge is 0.466 e. The fourth-order valence-corrected chi connectivity index (χ4v) is 5.86. The van der Waals surface area contributed by atoms with Crippen LogP contribution < -0.4 is 10.1 Å². The number of methoxy groups -OCH3 is 1. The average molecular weight is 503 g/mol. The van der Waals surface area contributed by atoms with E-state index < -0.39 is 6.09 Å². The summed E-state index contributed by atoms with van der Waals surface area (Å²) in [6.07, 6.45) is 1.94. The van der Waals surface area contributed by atoms with Crippen LogP contribution in [0.4, 0.5) is 4.79 Å². The van der Waals surface area contributed by atoms with Crippen LogP contribution in [0.25, 0.3) is 33.2 Å². The Morgan fingerprint density at radius 2 is 2.11 bits per heavy atom. The Morgan fingerprint density at radius 3 is 2.89 bits per heavy atom. The molecule has 2 N–H and O–H groups in total. The molecule has 6 rings (SSSR count). The molecular weight excluding hydrogens is 472 g/mol. The van der Waals surface area contributed by atoms with Crippen molar-refractivity contribution in [3.8, 4) is 17.1 Å². The van der Waals surface area contributed by atoms with Crippen LogP contribution in [-0.2, 0) is 11.8 Å². The van der Waals surface area contributed by atoms with Crippen molar-refractivity contribution in [1.29, 1.82) is 0 Å². The van der Waals surface area contributed by atoms with E-state index in [1.165, 1.54) is 0 Å². The highest BCUT2D eigenvalue weighted by atomic mass is 16.7. The fourth-order valence-electron chi connectivity index (χ4n) is 5.86. The third-order valence-electron chi connectivity index (χ3n) is 7.73. The summed E-state index contributed by atoms with van der Waals surface area (Å²) in [5.41, 5.74) is 5.01. The average Bonchev–Trinajstić information content (AvgIpc) is 3.44. The van der Waals surface area contributed by atoms with Gasteiger partial charge in [-0.15, -0.1) is 0 Å². The molecule has 3 heterocycles. The van der Waals surface area contributed by atoms with Gasteiger partial charge >= 0.3 is 6.09 Å². The molecule has 2 fully saturated rings. The second-order valence-corrected chi connectivity index (χ2v) is 10.1. The number of carboxylic acid groups (broad SMARTS) is 1. The molecule has 1 aliphatic carbocycles. The monoisotopic (exact) mass is 502 g/mol. The van der Waals surface area contributed by atoms with Gasteiger partial charge in [0.15, 0.2) is 12.6 Å². The number of carbonyl (C=O) groups is 1. The summed E-state index contributed by atoms with van der Waals surface area (Å²) in [7, 11) is 3.48. The molecule has 1 aliphatic heterocycles. The summed E-state index contributed by atoms with van der Waals surface area (Å²) in [5, 5.41) is 19.7. The number of piperazine rings is 1. The molecule has 37 heavy (non-hydrogen) atoms. The Balaban J connectivity index is 1.41. The maximum Gasteiger partial charge on any atom is 0.407 e. The Labute approximate surface area is 214 Å². The number of hydrogen-bond donors (Lipinski definition) is 2. The number of benzene rings is 2. The van der Waals surface area contributed by atoms with Crippen LogP contribution in [0.15, 0.2) is 30.5 Å². The molecular formula is C27H30N6O4. The zero-order valence-corrected chi connectivity index (χ0v) is 21.4. The highest BCUT2D eigenvalue weighted by Crippen LogP contribution is 2.56. The summed E-state index contributed by atoms with van der Waals surface area (Å²) in [5.74, 6) is 1.39. The number of nitrogens with zero attached hydrogens (tertiary/aromatic N) is 5. The van der Waals surface area contributed by atoms with Gasteiger partial charge in [0.25, 0.3) is 0 Å². The molecule has 0 radical (unpaired) electrons. The molecule has 1 amide bonds. The van der Waals surface area contributed by atoms with E-state index in [0.29, 0.717) is 31.2 Å². The maximum absolute atomic E-state index is 11.9. The summed E-state index contributed by atoms with van der Waals surface area (Å²) in [6.45, 7) is 5.95. The van der Waals surface area contributed by atoms with Crippen molar-refractivity contribution in [3.05, 3.63) is 47.3 Å². The predicted molar refractivity (Wildman–Crippen MR) is 139 cm³/mol. The summed E-state index contributed by atoms with van der Waals surface area (Å²) in [4.78, 5) is 23.3. The Bertz CT molecular complexity index is 1550. The van der Waals surface area contributed by atoms with Crippen LogP contribution in [-0.4, -0.2) is 74.9 Å². The van der Waals surface area contributed by atoms with E-state index in [0.717, 1.165) is 50.6 Å². The van der Waals surface area contributed by atoms with Crippen molar-refractivity contribution >= 4 is 27.9 Å². The molecule has 1 saturated carbocycles. The first-order valence-corrected chi connectivity index (χ1v) is 12.4. The Kier molecular flexibility index (Phi) is 5.54. The normalized spacial score (nSPS) is 21.2. The van der Waals surface area contributed by atoms with Crippen molar-refractivity contribution in [2.24, 2.45) is 7.05 Å². The molecule has 2 aromatic carbocycles. The summed E-state index contributed by atoms with van der Waals surface area (Å²) in [6, 6.07) is 8.23. The number of aryl methyl sites for hydroxylation is 3. The second kappa shape index (κ2) is 8.67. The maximum atomic E-state index is 11.9. The quantitative estimate of drug-likeness (QED) is 0.398. The van der Waals surface area contributed by atoms with E-state index in [1.807, 2.05) is 39.2 Å². The van der Waals surface area contributed by atoms with E-state index in [2.05, 4.69) is 22.5 Å². The van der Waals surface area contributed by atoms with Crippen LogP contribution in [0.5, 0.6) is 5.75 Å². The summed E-state index contributed by atoms with van der Waals surface area (Å²) >= 11 is 0. The first-order valence-electron chi connectivity index (χ1n) is 12.4. The minimum absolute atomic E-state index is 0.105. The van der Waals surface area contributed by atoms with Gasteiger partial charge in [-0.1, -0.05) is 6.07 Å². The number of ether oxygens (including phenoxy) is 2. The number of aromatic nitrogens is 4. The standard InChI is InChI=1S/C27H30N6O4/c1-15-23-18(12-32(3)31-23)10-20(24(15)37-14-36-4)25-29-16(2)19-9-17(5-6-22(19)30-25)21-11-27(21)13-28-7-8-33(27)26(34)35/h5-6,9-10,12,21,28H,7-8,11,13-14H2,1-4H3,(H,34,35). The number of rotatable bonds is 5. The van der Waals surface area contributed by atoms with E-state index in [4.69, 9.17) is 19.4 Å². The van der Waals surface area contributed by atoms with Gasteiger partial charge in [-0.25, -0.2) is 14.8 Å². The fraction of sp³-hybridized carbons (Fsp3) is 0.407. The molecule has 2 atom stereocenters. The zero-order chi connectivity index (χ0) is 25.9. The van der Waals surface area contributed by atoms with Crippen molar-refractivity contribution in [1.82, 2.24) is 30.0 Å². The van der Waals surface area contributed by atoms with Gasteiger partial charge in [0.1, 0.15) is 5.75 Å². The lowest BCUT2D eigenvalue weighted by molar-refractivity contribution is 0.0511. The first kappa shape index (κ1) is 23.6. The van der Waals surface area contributed by atoms with Gasteiger partial charge in [-0.05, 0) is 44.0 Å². The molecule has 10 heteroatoms. The molecule has 1 spiro atoms. The molecule has 2 aliphatic rings. The highest BCUT2D eigenvalue weighted by Gasteiger charge is 2.61. The first-order chi connectivity index (χ1) is 17.8. The summed E-state index contributed by atoms with van der Waals surface area (Å²) < 4.78 is 12.9. The molecule has 192 valence electrons. The van der Waals surface area contributed by atoms with Gasteiger partial charge in [0.2, 0.25) is 0 Å². The van der Waals surface area contributed by atoms with Gasteiger partial charge in [-0.2, -0.15) is 5.10 Å². The van der Waals surface area contributed by atoms with Crippen LogP contribution in [0.1, 0.15) is 29.2 Å². The van der Waals surface area contributed by atoms with Gasteiger partial charge < -0.3 is 19.9 Å². The molecule has 2 aromatic heterocycles. The molecule has 10 nitrogen and oxygen atoms in total. The van der Waals surface area contributed by atoms with Crippen LogP contribution in [0.2, 0.25) is 0 Å². The van der Waals surface area contributed by atoms with Crippen molar-refractivity contribution in [2.75, 3.05) is 33.5 Å². The van der Waals surface area contributed by atoms with E-state index in [1.54, 1.807) is 16.7 Å². The van der Waals surface area contributed by atoms with Crippen molar-refractivity contribution < 1.29 is 19.4 Å². The van der Waals surface area contributed by atoms with Gasteiger partial charge in [0.05, 0.1) is 22.1 Å². The Morgan fingerprint density at radius 1 is 1.27 bits per heavy atom. The van der Waals surface area contributed by atoms with E-state index >= 15 is 0 Å². The van der Waals surface area contributed by atoms with Crippen LogP contribution >= 0.6 is 0 Å². The third kappa shape index (κ3) is 3.79. The van der Waals surface area contributed by atoms with Crippen molar-refractivity contribution in [2.45, 2.75) is 31.7 Å². The lowest BCUT2D eigenvalue weighted by Gasteiger charge is -2.35. The Hall–Kier alpha value is -3.76.